The van der Waals surface area contributed by atoms with Crippen LogP contribution in [0.2, 0.25) is 0 Å². The summed E-state index contributed by atoms with van der Waals surface area (Å²) in [6.45, 7) is 7.32. The minimum absolute atomic E-state index is 0.707. The summed E-state index contributed by atoms with van der Waals surface area (Å²) < 4.78 is 0. The van der Waals surface area contributed by atoms with Gasteiger partial charge in [-0.25, -0.2) is 0 Å². The first-order valence-electron chi connectivity index (χ1n) is 5.16. The lowest BCUT2D eigenvalue weighted by molar-refractivity contribution is -0.105. The third kappa shape index (κ3) is 0.878. The normalized spacial score (nSPS) is 46.6. The van der Waals surface area contributed by atoms with Gasteiger partial charge in [0.25, 0.3) is 0 Å². The van der Waals surface area contributed by atoms with Crippen molar-refractivity contribution in [2.75, 3.05) is 0 Å². The van der Waals surface area contributed by atoms with Crippen LogP contribution in [0.4, 0.5) is 0 Å². The van der Waals surface area contributed by atoms with Crippen molar-refractivity contribution in [3.05, 3.63) is 0 Å². The third-order valence-corrected chi connectivity index (χ3v) is 4.53. The molecule has 0 heterocycles. The maximum atomic E-state index is 2.48. The van der Waals surface area contributed by atoms with Crippen LogP contribution in [-0.2, 0) is 0 Å². The zero-order valence-electron chi connectivity index (χ0n) is 8.06. The van der Waals surface area contributed by atoms with Crippen molar-refractivity contribution in [3.8, 4) is 0 Å². The largest absolute Gasteiger partial charge is 0.0651 e. The molecule has 64 valence electrons. The number of fused-ring (bicyclic) bond motifs is 2. The van der Waals surface area contributed by atoms with Gasteiger partial charge in [0, 0.05) is 0 Å². The topological polar surface area (TPSA) is 0 Å². The average Bonchev–Trinajstić information content (AvgIpc) is 2.04. The van der Waals surface area contributed by atoms with Gasteiger partial charge >= 0.3 is 0 Å². The second-order valence-corrected chi connectivity index (χ2v) is 5.11. The van der Waals surface area contributed by atoms with Gasteiger partial charge in [-0.05, 0) is 42.4 Å². The lowest BCUT2D eigenvalue weighted by atomic mass is 9.45. The molecule has 0 spiro atoms. The van der Waals surface area contributed by atoms with Crippen molar-refractivity contribution in [1.29, 1.82) is 0 Å². The molecular formula is C11H20. The third-order valence-electron chi connectivity index (χ3n) is 4.53. The fourth-order valence-corrected chi connectivity index (χ4v) is 3.45. The summed E-state index contributed by atoms with van der Waals surface area (Å²) in [5.41, 5.74) is 0.707. The van der Waals surface area contributed by atoms with Crippen molar-refractivity contribution >= 4 is 0 Å². The van der Waals surface area contributed by atoms with Crippen LogP contribution < -0.4 is 0 Å². The van der Waals surface area contributed by atoms with Gasteiger partial charge in [0.15, 0.2) is 0 Å². The van der Waals surface area contributed by atoms with E-state index in [0.29, 0.717) is 5.41 Å². The zero-order chi connectivity index (χ0) is 8.06. The highest BCUT2D eigenvalue weighted by Gasteiger charge is 2.53. The molecule has 3 atom stereocenters. The molecule has 3 saturated carbocycles. The lowest BCUT2D eigenvalue weighted by Gasteiger charge is -2.60. The van der Waals surface area contributed by atoms with E-state index in [1.54, 1.807) is 6.42 Å². The van der Waals surface area contributed by atoms with Crippen LogP contribution in [0, 0.1) is 23.2 Å². The molecule has 0 unspecified atom stereocenters. The Morgan fingerprint density at radius 1 is 1.27 bits per heavy atom. The van der Waals surface area contributed by atoms with E-state index < -0.39 is 0 Å². The van der Waals surface area contributed by atoms with Gasteiger partial charge in [-0.2, -0.15) is 0 Å². The molecule has 0 aromatic carbocycles. The summed E-state index contributed by atoms with van der Waals surface area (Å²) in [5.74, 6) is 3.22. The van der Waals surface area contributed by atoms with Crippen LogP contribution >= 0.6 is 0 Å². The van der Waals surface area contributed by atoms with Crippen LogP contribution in [-0.4, -0.2) is 0 Å². The fourth-order valence-electron chi connectivity index (χ4n) is 3.45. The molecule has 2 bridgehead atoms. The molecule has 0 radical (unpaired) electrons. The zero-order valence-corrected chi connectivity index (χ0v) is 8.06. The maximum absolute atomic E-state index is 2.48. The van der Waals surface area contributed by atoms with E-state index in [1.807, 2.05) is 0 Å². The first-order valence-corrected chi connectivity index (χ1v) is 5.16. The Hall–Kier alpha value is 0. The molecule has 0 aliphatic heterocycles. The molecule has 3 aliphatic rings. The summed E-state index contributed by atoms with van der Waals surface area (Å²) in [4.78, 5) is 0. The monoisotopic (exact) mass is 152 g/mol. The van der Waals surface area contributed by atoms with Gasteiger partial charge in [-0.15, -0.1) is 0 Å². The van der Waals surface area contributed by atoms with Crippen LogP contribution in [0.15, 0.2) is 0 Å². The Labute approximate surface area is 70.4 Å². The van der Waals surface area contributed by atoms with Crippen LogP contribution in [0.5, 0.6) is 0 Å². The van der Waals surface area contributed by atoms with Gasteiger partial charge in [0.05, 0.1) is 0 Å². The van der Waals surface area contributed by atoms with E-state index in [4.69, 9.17) is 0 Å². The molecule has 0 N–H and O–H groups in total. The predicted octanol–water partition coefficient (Wildman–Crippen LogP) is 3.47. The average molecular weight is 152 g/mol. The Morgan fingerprint density at radius 2 is 2.00 bits per heavy atom. The lowest BCUT2D eigenvalue weighted by Crippen LogP contribution is -2.52. The molecule has 0 aromatic heterocycles. The van der Waals surface area contributed by atoms with Gasteiger partial charge in [-0.1, -0.05) is 27.2 Å². The Bertz CT molecular complexity index is 155. The highest BCUT2D eigenvalue weighted by atomic mass is 14.6. The first kappa shape index (κ1) is 7.64. The van der Waals surface area contributed by atoms with E-state index in [2.05, 4.69) is 20.8 Å². The highest BCUT2D eigenvalue weighted by molar-refractivity contribution is 5.02. The number of rotatable bonds is 1. The molecule has 0 heteroatoms. The molecule has 0 aromatic rings. The quantitative estimate of drug-likeness (QED) is 0.539. The summed E-state index contributed by atoms with van der Waals surface area (Å²) in [6.07, 6.45) is 6.00. The molecule has 3 rings (SSSR count). The van der Waals surface area contributed by atoms with E-state index >= 15 is 0 Å². The molecule has 11 heavy (non-hydrogen) atoms. The van der Waals surface area contributed by atoms with Crippen molar-refractivity contribution in [1.82, 2.24) is 0 Å². The SMILES string of the molecule is CC[C@@H]1CC[C@H]2C[C@@H]1C2(C)C. The van der Waals surface area contributed by atoms with Crippen molar-refractivity contribution < 1.29 is 0 Å². The molecule has 3 fully saturated rings. The van der Waals surface area contributed by atoms with E-state index in [1.165, 1.54) is 19.3 Å². The van der Waals surface area contributed by atoms with Crippen molar-refractivity contribution in [2.45, 2.75) is 46.5 Å². The van der Waals surface area contributed by atoms with Crippen molar-refractivity contribution in [2.24, 2.45) is 23.2 Å². The summed E-state index contributed by atoms with van der Waals surface area (Å²) in [7, 11) is 0. The molecular weight excluding hydrogens is 132 g/mol. The van der Waals surface area contributed by atoms with Crippen LogP contribution in [0.25, 0.3) is 0 Å². The van der Waals surface area contributed by atoms with Gasteiger partial charge in [0.1, 0.15) is 0 Å². The minimum Gasteiger partial charge on any atom is -0.0651 e. The van der Waals surface area contributed by atoms with Gasteiger partial charge in [0.2, 0.25) is 0 Å². The smallest absolute Gasteiger partial charge is 0.0295 e. The summed E-state index contributed by atoms with van der Waals surface area (Å²) in [5, 5.41) is 0. The Kier molecular flexibility index (Phi) is 1.56. The number of hydrogen-bond acceptors (Lipinski definition) is 0. The second-order valence-electron chi connectivity index (χ2n) is 5.11. The maximum Gasteiger partial charge on any atom is -0.0295 e. The van der Waals surface area contributed by atoms with Gasteiger partial charge < -0.3 is 0 Å². The molecule has 0 amide bonds. The molecule has 0 nitrogen and oxygen atoms in total. The van der Waals surface area contributed by atoms with E-state index in [9.17, 15) is 0 Å². The predicted molar refractivity (Wildman–Crippen MR) is 48.4 cm³/mol. The van der Waals surface area contributed by atoms with E-state index in [0.717, 1.165) is 17.8 Å². The van der Waals surface area contributed by atoms with E-state index in [-0.39, 0.29) is 0 Å². The molecule has 0 saturated heterocycles. The summed E-state index contributed by atoms with van der Waals surface area (Å²) in [6, 6.07) is 0. The Balaban J connectivity index is 2.10. The van der Waals surface area contributed by atoms with Gasteiger partial charge in [-0.3, -0.25) is 0 Å². The highest BCUT2D eigenvalue weighted by Crippen LogP contribution is 2.61. The number of hydrogen-bond donors (Lipinski definition) is 0. The fraction of sp³-hybridized carbons (Fsp3) is 1.00. The Morgan fingerprint density at radius 3 is 2.36 bits per heavy atom. The van der Waals surface area contributed by atoms with Crippen molar-refractivity contribution in [3.63, 3.8) is 0 Å². The van der Waals surface area contributed by atoms with Crippen LogP contribution in [0.1, 0.15) is 46.5 Å². The first-order chi connectivity index (χ1) is 5.16. The second kappa shape index (κ2) is 2.24. The summed E-state index contributed by atoms with van der Waals surface area (Å²) >= 11 is 0. The standard InChI is InChI=1S/C11H20/c1-4-8-5-6-9-7-10(8)11(9,2)3/h8-10H,4-7H2,1-3H3/t8-,9+,10+/m1/s1. The minimum atomic E-state index is 0.707. The van der Waals surface area contributed by atoms with Crippen LogP contribution in [0.3, 0.4) is 0 Å². The molecule has 3 aliphatic carbocycles.